The fraction of sp³-hybridized carbons (Fsp3) is 0.583. The standard InChI is InChI=1S/C24H31N5O3S/c1-15-21(32-14-25-15)22-26-27-23(28(22)3)33-9-5-8-29-12-18-11-24(18,13-29)17-6-7-20(31-4)19(10-17)16(2)30/h6-7,10,14-15,18,21H,5,8-9,11-13H2,1-4H3. The topological polar surface area (TPSA) is 81.8 Å². The van der Waals surface area contributed by atoms with E-state index in [1.807, 2.05) is 24.6 Å². The van der Waals surface area contributed by atoms with Crippen LogP contribution in [0.5, 0.6) is 5.75 Å². The summed E-state index contributed by atoms with van der Waals surface area (Å²) in [6.45, 7) is 6.91. The summed E-state index contributed by atoms with van der Waals surface area (Å²) in [6, 6.07) is 6.23. The average molecular weight is 470 g/mol. The van der Waals surface area contributed by atoms with Crippen molar-refractivity contribution in [2.75, 3.05) is 32.5 Å². The van der Waals surface area contributed by atoms with Gasteiger partial charge in [0.2, 0.25) is 0 Å². The molecule has 0 radical (unpaired) electrons. The highest BCUT2D eigenvalue weighted by molar-refractivity contribution is 7.99. The number of hydrogen-bond donors (Lipinski definition) is 0. The van der Waals surface area contributed by atoms with Crippen LogP contribution in [-0.2, 0) is 17.2 Å². The first-order chi connectivity index (χ1) is 15.9. The summed E-state index contributed by atoms with van der Waals surface area (Å²) in [4.78, 5) is 18.9. The maximum absolute atomic E-state index is 12.1. The zero-order valence-electron chi connectivity index (χ0n) is 19.7. The Morgan fingerprint density at radius 1 is 1.36 bits per heavy atom. The van der Waals surface area contributed by atoms with E-state index in [-0.39, 0.29) is 23.3 Å². The predicted octanol–water partition coefficient (Wildman–Crippen LogP) is 3.27. The van der Waals surface area contributed by atoms with E-state index in [1.165, 1.54) is 18.4 Å². The molecule has 1 aromatic heterocycles. The lowest BCUT2D eigenvalue weighted by Crippen LogP contribution is -2.28. The molecule has 1 saturated heterocycles. The fourth-order valence-electron chi connectivity index (χ4n) is 5.31. The zero-order chi connectivity index (χ0) is 23.2. The molecule has 33 heavy (non-hydrogen) atoms. The molecule has 2 aliphatic heterocycles. The van der Waals surface area contributed by atoms with Crippen molar-refractivity contribution >= 4 is 23.9 Å². The SMILES string of the molecule is COc1ccc(C23CC2CN(CCCSc2nnc(C4OC=NC4C)n2C)C3)cc1C(C)=O. The van der Waals surface area contributed by atoms with Crippen LogP contribution < -0.4 is 4.74 Å². The van der Waals surface area contributed by atoms with E-state index in [4.69, 9.17) is 9.47 Å². The number of likely N-dealkylation sites (tertiary alicyclic amines) is 1. The lowest BCUT2D eigenvalue weighted by Gasteiger charge is -2.21. The minimum absolute atomic E-state index is 0.0580. The zero-order valence-corrected chi connectivity index (χ0v) is 20.5. The third-order valence-electron chi connectivity index (χ3n) is 7.28. The second-order valence-electron chi connectivity index (χ2n) is 9.42. The van der Waals surface area contributed by atoms with Gasteiger partial charge < -0.3 is 18.9 Å². The molecular formula is C24H31N5O3S. The molecule has 4 atom stereocenters. The van der Waals surface area contributed by atoms with Gasteiger partial charge in [-0.15, -0.1) is 10.2 Å². The van der Waals surface area contributed by atoms with Crippen molar-refractivity contribution in [1.82, 2.24) is 19.7 Å². The Bertz CT molecular complexity index is 1090. The summed E-state index contributed by atoms with van der Waals surface area (Å²) in [5, 5.41) is 9.62. The monoisotopic (exact) mass is 469 g/mol. The third kappa shape index (κ3) is 4.05. The predicted molar refractivity (Wildman–Crippen MR) is 127 cm³/mol. The number of rotatable bonds is 9. The number of piperidine rings is 1. The van der Waals surface area contributed by atoms with Gasteiger partial charge in [-0.3, -0.25) is 9.79 Å². The third-order valence-corrected chi connectivity index (χ3v) is 8.39. The Kier molecular flexibility index (Phi) is 5.95. The quantitative estimate of drug-likeness (QED) is 0.317. The summed E-state index contributed by atoms with van der Waals surface area (Å²) in [5.74, 6) is 3.24. The summed E-state index contributed by atoms with van der Waals surface area (Å²) in [6.07, 6.45) is 3.67. The largest absolute Gasteiger partial charge is 0.496 e. The first-order valence-corrected chi connectivity index (χ1v) is 12.5. The molecule has 3 heterocycles. The highest BCUT2D eigenvalue weighted by Crippen LogP contribution is 2.59. The molecule has 0 spiro atoms. The summed E-state index contributed by atoms with van der Waals surface area (Å²) >= 11 is 1.74. The Morgan fingerprint density at radius 3 is 2.94 bits per heavy atom. The molecule has 4 unspecified atom stereocenters. The molecule has 2 aromatic rings. The number of aliphatic imine (C=N–C) groups is 1. The number of carbonyl (C=O) groups excluding carboxylic acids is 1. The molecule has 8 nitrogen and oxygen atoms in total. The molecule has 176 valence electrons. The smallest absolute Gasteiger partial charge is 0.191 e. The minimum atomic E-state index is -0.147. The highest BCUT2D eigenvalue weighted by atomic mass is 32.2. The van der Waals surface area contributed by atoms with Crippen molar-refractivity contribution in [3.63, 3.8) is 0 Å². The van der Waals surface area contributed by atoms with Crippen LogP contribution in [0.2, 0.25) is 0 Å². The molecule has 1 saturated carbocycles. The maximum atomic E-state index is 12.1. The van der Waals surface area contributed by atoms with Crippen molar-refractivity contribution in [1.29, 1.82) is 0 Å². The summed E-state index contributed by atoms with van der Waals surface area (Å²) in [5.41, 5.74) is 2.19. The number of Topliss-reactive ketones (excluding diaryl/α,β-unsaturated/α-hetero) is 1. The maximum Gasteiger partial charge on any atom is 0.191 e. The Morgan fingerprint density at radius 2 is 2.21 bits per heavy atom. The number of aromatic nitrogens is 3. The number of hydrogen-bond acceptors (Lipinski definition) is 8. The van der Waals surface area contributed by atoms with Gasteiger partial charge in [-0.05, 0) is 56.8 Å². The number of fused-ring (bicyclic) bond motifs is 1. The van der Waals surface area contributed by atoms with Gasteiger partial charge in [-0.25, -0.2) is 0 Å². The molecule has 1 aromatic carbocycles. The van der Waals surface area contributed by atoms with Gasteiger partial charge in [0.05, 0.1) is 18.7 Å². The van der Waals surface area contributed by atoms with E-state index in [0.717, 1.165) is 42.8 Å². The van der Waals surface area contributed by atoms with E-state index in [1.54, 1.807) is 25.8 Å². The lowest BCUT2D eigenvalue weighted by atomic mass is 9.92. The van der Waals surface area contributed by atoms with Crippen LogP contribution >= 0.6 is 11.8 Å². The number of ether oxygens (including phenoxy) is 2. The molecule has 0 bridgehead atoms. The van der Waals surface area contributed by atoms with E-state index in [2.05, 4.69) is 32.2 Å². The van der Waals surface area contributed by atoms with Crippen molar-refractivity contribution in [3.8, 4) is 5.75 Å². The molecule has 2 fully saturated rings. The average Bonchev–Trinajstić information content (AvgIpc) is 3.10. The second-order valence-corrected chi connectivity index (χ2v) is 10.5. The van der Waals surface area contributed by atoms with Crippen molar-refractivity contribution < 1.29 is 14.3 Å². The molecule has 5 rings (SSSR count). The molecule has 3 aliphatic rings. The van der Waals surface area contributed by atoms with E-state index in [0.29, 0.717) is 17.2 Å². The van der Waals surface area contributed by atoms with Gasteiger partial charge in [0.25, 0.3) is 0 Å². The van der Waals surface area contributed by atoms with Gasteiger partial charge >= 0.3 is 0 Å². The van der Waals surface area contributed by atoms with Gasteiger partial charge in [-0.1, -0.05) is 17.8 Å². The fourth-order valence-corrected chi connectivity index (χ4v) is 6.16. The first-order valence-electron chi connectivity index (χ1n) is 11.5. The summed E-state index contributed by atoms with van der Waals surface area (Å²) in [7, 11) is 3.61. The van der Waals surface area contributed by atoms with Gasteiger partial charge in [-0.2, -0.15) is 0 Å². The van der Waals surface area contributed by atoms with Crippen molar-refractivity contribution in [3.05, 3.63) is 35.2 Å². The van der Waals surface area contributed by atoms with Crippen LogP contribution in [0.3, 0.4) is 0 Å². The minimum Gasteiger partial charge on any atom is -0.496 e. The normalized spacial score (nSPS) is 28.1. The Labute approximate surface area is 198 Å². The van der Waals surface area contributed by atoms with E-state index < -0.39 is 0 Å². The second kappa shape index (κ2) is 8.76. The van der Waals surface area contributed by atoms with Crippen molar-refractivity contribution in [2.45, 2.75) is 49.4 Å². The number of ketones is 1. The molecular weight excluding hydrogens is 438 g/mol. The van der Waals surface area contributed by atoms with Crippen LogP contribution in [0.4, 0.5) is 0 Å². The first kappa shape index (κ1) is 22.4. The van der Waals surface area contributed by atoms with E-state index >= 15 is 0 Å². The number of thioether (sulfide) groups is 1. The van der Waals surface area contributed by atoms with Crippen molar-refractivity contribution in [2.24, 2.45) is 18.0 Å². The van der Waals surface area contributed by atoms with Crippen LogP contribution in [0, 0.1) is 5.92 Å². The Balaban J connectivity index is 1.14. The molecule has 1 aliphatic carbocycles. The van der Waals surface area contributed by atoms with Gasteiger partial charge in [0, 0.05) is 31.3 Å². The van der Waals surface area contributed by atoms with Gasteiger partial charge in [0.15, 0.2) is 29.3 Å². The molecule has 9 heteroatoms. The summed E-state index contributed by atoms with van der Waals surface area (Å²) < 4.78 is 13.0. The number of carbonyl (C=O) groups is 1. The van der Waals surface area contributed by atoms with E-state index in [9.17, 15) is 4.79 Å². The Hall–Kier alpha value is -2.39. The van der Waals surface area contributed by atoms with Crippen LogP contribution in [0.25, 0.3) is 0 Å². The van der Waals surface area contributed by atoms with Gasteiger partial charge in [0.1, 0.15) is 5.75 Å². The van der Waals surface area contributed by atoms with Crippen LogP contribution in [0.15, 0.2) is 28.3 Å². The number of benzene rings is 1. The number of nitrogens with zero attached hydrogens (tertiary/aromatic N) is 5. The number of methoxy groups -OCH3 is 1. The van der Waals surface area contributed by atoms with Crippen LogP contribution in [0.1, 0.15) is 54.5 Å². The lowest BCUT2D eigenvalue weighted by molar-refractivity contribution is 0.101. The van der Waals surface area contributed by atoms with Crippen LogP contribution in [-0.4, -0.2) is 70.4 Å². The molecule has 0 amide bonds. The highest BCUT2D eigenvalue weighted by Gasteiger charge is 2.60. The molecule has 0 N–H and O–H groups in total.